The fraction of sp³-hybridized carbons (Fsp3) is 0.545. The van der Waals surface area contributed by atoms with Crippen LogP contribution < -0.4 is 5.32 Å². The van der Waals surface area contributed by atoms with Crippen LogP contribution in [0.3, 0.4) is 0 Å². The van der Waals surface area contributed by atoms with Crippen molar-refractivity contribution in [3.63, 3.8) is 0 Å². The van der Waals surface area contributed by atoms with Crippen LogP contribution in [0.2, 0.25) is 0 Å². The van der Waals surface area contributed by atoms with Gasteiger partial charge in [0, 0.05) is 50.4 Å². The molecule has 1 amide bonds. The number of likely N-dealkylation sites (N-methyl/N-ethyl adjacent to an activating group) is 1. The first-order valence-corrected chi connectivity index (χ1v) is 10.3. The lowest BCUT2D eigenvalue weighted by Crippen LogP contribution is -2.60. The Balaban J connectivity index is 1.57. The summed E-state index contributed by atoms with van der Waals surface area (Å²) in [6.07, 6.45) is 2.58. The van der Waals surface area contributed by atoms with E-state index in [1.807, 2.05) is 6.92 Å². The van der Waals surface area contributed by atoms with Crippen molar-refractivity contribution >= 4 is 5.91 Å². The molecule has 6 heteroatoms. The highest BCUT2D eigenvalue weighted by atomic mass is 16.1. The number of rotatable bonds is 3. The molecule has 1 unspecified atom stereocenters. The zero-order valence-corrected chi connectivity index (χ0v) is 17.2. The van der Waals surface area contributed by atoms with Crippen LogP contribution in [0.25, 0.3) is 5.69 Å². The van der Waals surface area contributed by atoms with E-state index in [1.54, 1.807) is 0 Å². The highest BCUT2D eigenvalue weighted by Crippen LogP contribution is 2.31. The lowest BCUT2D eigenvalue weighted by Gasteiger charge is -2.49. The molecule has 2 saturated heterocycles. The molecule has 0 radical (unpaired) electrons. The van der Waals surface area contributed by atoms with Crippen molar-refractivity contribution in [2.24, 2.45) is 0 Å². The molecule has 2 aliphatic heterocycles. The molecule has 150 valence electrons. The summed E-state index contributed by atoms with van der Waals surface area (Å²) in [5.41, 5.74) is 4.76. The second-order valence-electron chi connectivity index (χ2n) is 8.42. The van der Waals surface area contributed by atoms with E-state index in [2.05, 4.69) is 64.1 Å². The van der Waals surface area contributed by atoms with Crippen molar-refractivity contribution < 1.29 is 4.79 Å². The van der Waals surface area contributed by atoms with Gasteiger partial charge in [0.1, 0.15) is 0 Å². The van der Waals surface area contributed by atoms with Gasteiger partial charge in [-0.05, 0) is 51.4 Å². The van der Waals surface area contributed by atoms with Gasteiger partial charge in [0.05, 0.1) is 11.4 Å². The van der Waals surface area contributed by atoms with Gasteiger partial charge in [-0.1, -0.05) is 18.2 Å². The third-order valence-corrected chi connectivity index (χ3v) is 6.43. The van der Waals surface area contributed by atoms with E-state index in [1.165, 1.54) is 11.3 Å². The van der Waals surface area contributed by atoms with Gasteiger partial charge in [-0.3, -0.25) is 14.6 Å². The number of para-hydroxylation sites is 1. The predicted molar refractivity (Wildman–Crippen MR) is 111 cm³/mol. The van der Waals surface area contributed by atoms with Crippen LogP contribution in [0.5, 0.6) is 0 Å². The van der Waals surface area contributed by atoms with E-state index >= 15 is 0 Å². The largest absolute Gasteiger partial charge is 0.356 e. The summed E-state index contributed by atoms with van der Waals surface area (Å²) in [5, 5.41) is 7.74. The molecular weight excluding hydrogens is 350 g/mol. The average molecular weight is 382 g/mol. The number of hydrogen-bond donors (Lipinski definition) is 1. The van der Waals surface area contributed by atoms with Crippen LogP contribution in [-0.2, 0) is 11.3 Å². The molecule has 1 atom stereocenters. The Bertz CT molecular complexity index is 860. The van der Waals surface area contributed by atoms with E-state index in [0.717, 1.165) is 57.0 Å². The van der Waals surface area contributed by atoms with E-state index < -0.39 is 0 Å². The molecule has 2 aromatic rings. The number of carbonyl (C=O) groups is 1. The van der Waals surface area contributed by atoms with Gasteiger partial charge < -0.3 is 5.32 Å². The molecule has 2 aliphatic rings. The highest BCUT2D eigenvalue weighted by Gasteiger charge is 2.40. The molecule has 28 heavy (non-hydrogen) atoms. The number of benzene rings is 1. The first-order valence-electron chi connectivity index (χ1n) is 10.3. The second-order valence-corrected chi connectivity index (χ2v) is 8.42. The minimum atomic E-state index is 0.0879. The number of piperazine rings is 1. The molecule has 3 heterocycles. The smallest absolute Gasteiger partial charge is 0.220 e. The minimum absolute atomic E-state index is 0.0879. The van der Waals surface area contributed by atoms with Gasteiger partial charge in [-0.15, -0.1) is 0 Å². The van der Waals surface area contributed by atoms with Crippen molar-refractivity contribution in [1.29, 1.82) is 0 Å². The van der Waals surface area contributed by atoms with Crippen LogP contribution >= 0.6 is 0 Å². The number of hydrogen-bond acceptors (Lipinski definition) is 4. The fourth-order valence-electron chi connectivity index (χ4n) is 4.78. The van der Waals surface area contributed by atoms with Crippen molar-refractivity contribution in [2.45, 2.75) is 45.2 Å². The third kappa shape index (κ3) is 3.71. The number of carbonyl (C=O) groups excluding carboxylic acids is 1. The van der Waals surface area contributed by atoms with Gasteiger partial charge in [-0.2, -0.15) is 5.10 Å². The van der Waals surface area contributed by atoms with Crippen LogP contribution in [0.1, 0.15) is 36.2 Å². The molecule has 0 bridgehead atoms. The minimum Gasteiger partial charge on any atom is -0.356 e. The van der Waals surface area contributed by atoms with Crippen molar-refractivity contribution in [1.82, 2.24) is 24.9 Å². The van der Waals surface area contributed by atoms with Crippen molar-refractivity contribution in [2.75, 3.05) is 33.2 Å². The SMILES string of the molecule is Cc1cc(C)n(-c2ccccc2CN2CCN(C)C3(CCNC(=O)CC3)C2)n1. The second kappa shape index (κ2) is 7.68. The third-order valence-electron chi connectivity index (χ3n) is 6.43. The molecule has 1 aromatic carbocycles. The number of nitrogens with one attached hydrogen (secondary N) is 1. The molecule has 6 nitrogen and oxygen atoms in total. The molecule has 1 aromatic heterocycles. The summed E-state index contributed by atoms with van der Waals surface area (Å²) >= 11 is 0. The van der Waals surface area contributed by atoms with Crippen LogP contribution in [0.4, 0.5) is 0 Å². The van der Waals surface area contributed by atoms with E-state index in [9.17, 15) is 4.79 Å². The maximum absolute atomic E-state index is 11.9. The predicted octanol–water partition coefficient (Wildman–Crippen LogP) is 2.28. The van der Waals surface area contributed by atoms with E-state index in [4.69, 9.17) is 5.10 Å². The summed E-state index contributed by atoms with van der Waals surface area (Å²) in [6.45, 7) is 8.92. The molecule has 2 fully saturated rings. The maximum atomic E-state index is 11.9. The Kier molecular flexibility index (Phi) is 5.25. The summed E-state index contributed by atoms with van der Waals surface area (Å²) in [4.78, 5) is 16.9. The number of amides is 1. The monoisotopic (exact) mass is 381 g/mol. The first kappa shape index (κ1) is 19.2. The lowest BCUT2D eigenvalue weighted by atomic mass is 9.86. The number of aromatic nitrogens is 2. The zero-order chi connectivity index (χ0) is 19.7. The quantitative estimate of drug-likeness (QED) is 0.886. The van der Waals surface area contributed by atoms with Crippen LogP contribution in [0, 0.1) is 13.8 Å². The zero-order valence-electron chi connectivity index (χ0n) is 17.2. The number of aryl methyl sites for hydroxylation is 2. The Morgan fingerprint density at radius 1 is 1.18 bits per heavy atom. The highest BCUT2D eigenvalue weighted by molar-refractivity contribution is 5.76. The maximum Gasteiger partial charge on any atom is 0.220 e. The van der Waals surface area contributed by atoms with Gasteiger partial charge in [0.15, 0.2) is 0 Å². The fourth-order valence-corrected chi connectivity index (χ4v) is 4.78. The summed E-state index contributed by atoms with van der Waals surface area (Å²) in [6, 6.07) is 10.7. The van der Waals surface area contributed by atoms with Crippen LogP contribution in [0.15, 0.2) is 30.3 Å². The van der Waals surface area contributed by atoms with Crippen LogP contribution in [-0.4, -0.2) is 64.3 Å². The van der Waals surface area contributed by atoms with Crippen molar-refractivity contribution in [3.8, 4) is 5.69 Å². The summed E-state index contributed by atoms with van der Waals surface area (Å²) < 4.78 is 2.06. The Morgan fingerprint density at radius 2 is 2.00 bits per heavy atom. The normalized spacial score (nSPS) is 24.3. The number of nitrogens with zero attached hydrogens (tertiary/aromatic N) is 4. The Labute approximate surface area is 167 Å². The molecular formula is C22H31N5O. The van der Waals surface area contributed by atoms with Gasteiger partial charge in [-0.25, -0.2) is 4.68 Å². The van der Waals surface area contributed by atoms with Crippen molar-refractivity contribution in [3.05, 3.63) is 47.3 Å². The van der Waals surface area contributed by atoms with E-state index in [-0.39, 0.29) is 11.4 Å². The molecule has 1 N–H and O–H groups in total. The Hall–Kier alpha value is -2.18. The van der Waals surface area contributed by atoms with Gasteiger partial charge >= 0.3 is 0 Å². The average Bonchev–Trinajstić information content (AvgIpc) is 2.89. The van der Waals surface area contributed by atoms with E-state index in [0.29, 0.717) is 6.42 Å². The summed E-state index contributed by atoms with van der Waals surface area (Å²) in [5.74, 6) is 0.192. The van der Waals surface area contributed by atoms with Gasteiger partial charge in [0.2, 0.25) is 5.91 Å². The standard InChI is InChI=1S/C22H31N5O/c1-17-14-18(2)27(24-17)20-7-5-4-6-19(20)15-26-13-12-25(3)22(16-26)9-8-21(28)23-11-10-22/h4-7,14H,8-13,15-16H2,1-3H3,(H,23,28). The topological polar surface area (TPSA) is 53.4 Å². The molecule has 0 aliphatic carbocycles. The van der Waals surface area contributed by atoms with Gasteiger partial charge in [0.25, 0.3) is 0 Å². The first-order chi connectivity index (χ1) is 13.5. The lowest BCUT2D eigenvalue weighted by molar-refractivity contribution is -0.121. The summed E-state index contributed by atoms with van der Waals surface area (Å²) in [7, 11) is 2.22. The molecule has 4 rings (SSSR count). The molecule has 0 saturated carbocycles. The molecule has 1 spiro atoms. The Morgan fingerprint density at radius 3 is 2.79 bits per heavy atom.